The van der Waals surface area contributed by atoms with Gasteiger partial charge in [-0.3, -0.25) is 4.79 Å². The van der Waals surface area contributed by atoms with Crippen LogP contribution in [-0.2, 0) is 4.79 Å². The molecular formula is C11H16N4O. The molecular weight excluding hydrogens is 204 g/mol. The molecule has 1 aromatic heterocycles. The minimum Gasteiger partial charge on any atom is -0.396 e. The van der Waals surface area contributed by atoms with E-state index in [9.17, 15) is 4.79 Å². The van der Waals surface area contributed by atoms with E-state index < -0.39 is 5.41 Å². The molecule has 0 radical (unpaired) electrons. The van der Waals surface area contributed by atoms with Crippen molar-refractivity contribution in [1.82, 2.24) is 4.98 Å². The molecule has 0 spiro atoms. The molecule has 0 aliphatic carbocycles. The van der Waals surface area contributed by atoms with Crippen LogP contribution in [0, 0.1) is 5.41 Å². The van der Waals surface area contributed by atoms with Gasteiger partial charge in [0.25, 0.3) is 0 Å². The minimum atomic E-state index is -0.468. The van der Waals surface area contributed by atoms with E-state index in [0.717, 1.165) is 18.8 Å². The number of carbonyl (C=O) groups excluding carboxylic acids is 1. The molecule has 16 heavy (non-hydrogen) atoms. The number of hydrogen-bond donors (Lipinski definition) is 2. The second kappa shape index (κ2) is 3.66. The van der Waals surface area contributed by atoms with E-state index in [1.165, 1.54) is 0 Å². The van der Waals surface area contributed by atoms with Crippen LogP contribution < -0.4 is 16.4 Å². The van der Waals surface area contributed by atoms with Crippen molar-refractivity contribution in [3.05, 3.63) is 18.3 Å². The largest absolute Gasteiger partial charge is 0.396 e. The van der Waals surface area contributed by atoms with Gasteiger partial charge in [0.15, 0.2) is 5.82 Å². The van der Waals surface area contributed by atoms with Crippen LogP contribution in [0.25, 0.3) is 0 Å². The standard InChI is InChI=1S/C11H16N4O/c1-11(10(13)16)4-6-15(7-11)9-8(12)3-2-5-14-9/h2-3,5H,4,6-7,12H2,1H3,(H2,13,16). The van der Waals surface area contributed by atoms with E-state index in [0.29, 0.717) is 12.2 Å². The Morgan fingerprint density at radius 2 is 2.38 bits per heavy atom. The fourth-order valence-corrected chi connectivity index (χ4v) is 2.02. The number of primary amides is 1. The fourth-order valence-electron chi connectivity index (χ4n) is 2.02. The summed E-state index contributed by atoms with van der Waals surface area (Å²) in [6, 6.07) is 3.60. The van der Waals surface area contributed by atoms with Crippen LogP contribution in [0.5, 0.6) is 0 Å². The number of rotatable bonds is 2. The lowest BCUT2D eigenvalue weighted by Crippen LogP contribution is -2.37. The maximum Gasteiger partial charge on any atom is 0.225 e. The van der Waals surface area contributed by atoms with Crippen LogP contribution in [0.4, 0.5) is 11.5 Å². The van der Waals surface area contributed by atoms with Gasteiger partial charge in [-0.1, -0.05) is 0 Å². The molecule has 1 unspecified atom stereocenters. The zero-order chi connectivity index (χ0) is 11.8. The fraction of sp³-hybridized carbons (Fsp3) is 0.455. The number of aromatic nitrogens is 1. The number of pyridine rings is 1. The molecule has 0 aromatic carbocycles. The van der Waals surface area contributed by atoms with Crippen LogP contribution in [-0.4, -0.2) is 24.0 Å². The van der Waals surface area contributed by atoms with Gasteiger partial charge in [0.05, 0.1) is 11.1 Å². The monoisotopic (exact) mass is 220 g/mol. The number of carbonyl (C=O) groups is 1. The Morgan fingerprint density at radius 1 is 1.62 bits per heavy atom. The summed E-state index contributed by atoms with van der Waals surface area (Å²) in [4.78, 5) is 17.6. The van der Waals surface area contributed by atoms with Crippen molar-refractivity contribution < 1.29 is 4.79 Å². The second-order valence-electron chi connectivity index (χ2n) is 4.51. The van der Waals surface area contributed by atoms with E-state index in [1.807, 2.05) is 17.9 Å². The average molecular weight is 220 g/mol. The molecule has 2 heterocycles. The Labute approximate surface area is 94.4 Å². The lowest BCUT2D eigenvalue weighted by atomic mass is 9.89. The number of nitrogens with zero attached hydrogens (tertiary/aromatic N) is 2. The maximum absolute atomic E-state index is 11.3. The molecule has 0 saturated carbocycles. The van der Waals surface area contributed by atoms with Crippen LogP contribution >= 0.6 is 0 Å². The quantitative estimate of drug-likeness (QED) is 0.753. The summed E-state index contributed by atoms with van der Waals surface area (Å²) in [6.45, 7) is 3.23. The molecule has 1 amide bonds. The SMILES string of the molecule is CC1(C(N)=O)CCN(c2ncccc2N)C1. The molecule has 1 aliphatic heterocycles. The molecule has 1 aliphatic rings. The summed E-state index contributed by atoms with van der Waals surface area (Å²) >= 11 is 0. The number of amides is 1. The summed E-state index contributed by atoms with van der Waals surface area (Å²) in [6.07, 6.45) is 2.45. The van der Waals surface area contributed by atoms with E-state index in [1.54, 1.807) is 12.3 Å². The predicted molar refractivity (Wildman–Crippen MR) is 62.8 cm³/mol. The first-order valence-corrected chi connectivity index (χ1v) is 5.28. The molecule has 1 aromatic rings. The molecule has 5 heteroatoms. The van der Waals surface area contributed by atoms with Crippen LogP contribution in [0.15, 0.2) is 18.3 Å². The number of hydrogen-bond acceptors (Lipinski definition) is 4. The third-order valence-corrected chi connectivity index (χ3v) is 3.18. The Morgan fingerprint density at radius 3 is 2.94 bits per heavy atom. The van der Waals surface area contributed by atoms with Gasteiger partial charge >= 0.3 is 0 Å². The first-order valence-electron chi connectivity index (χ1n) is 5.28. The highest BCUT2D eigenvalue weighted by Gasteiger charge is 2.39. The second-order valence-corrected chi connectivity index (χ2v) is 4.51. The Hall–Kier alpha value is -1.78. The third kappa shape index (κ3) is 1.68. The molecule has 0 bridgehead atoms. The van der Waals surface area contributed by atoms with Crippen molar-refractivity contribution in [1.29, 1.82) is 0 Å². The molecule has 4 N–H and O–H groups in total. The van der Waals surface area contributed by atoms with Gasteiger partial charge in [0.2, 0.25) is 5.91 Å². The van der Waals surface area contributed by atoms with Crippen molar-refractivity contribution in [2.75, 3.05) is 23.7 Å². The van der Waals surface area contributed by atoms with Crippen molar-refractivity contribution in [2.45, 2.75) is 13.3 Å². The summed E-state index contributed by atoms with van der Waals surface area (Å²) in [7, 11) is 0. The summed E-state index contributed by atoms with van der Waals surface area (Å²) in [5.41, 5.74) is 11.4. The zero-order valence-electron chi connectivity index (χ0n) is 9.31. The van der Waals surface area contributed by atoms with E-state index in [-0.39, 0.29) is 5.91 Å². The summed E-state index contributed by atoms with van der Waals surface area (Å²) in [5.74, 6) is 0.483. The van der Waals surface area contributed by atoms with E-state index in [2.05, 4.69) is 4.98 Å². The van der Waals surface area contributed by atoms with Gasteiger partial charge in [0, 0.05) is 19.3 Å². The highest BCUT2D eigenvalue weighted by atomic mass is 16.1. The summed E-state index contributed by atoms with van der Waals surface area (Å²) < 4.78 is 0. The Kier molecular flexibility index (Phi) is 2.46. The van der Waals surface area contributed by atoms with Crippen molar-refractivity contribution >= 4 is 17.4 Å². The molecule has 86 valence electrons. The highest BCUT2D eigenvalue weighted by molar-refractivity contribution is 5.82. The lowest BCUT2D eigenvalue weighted by Gasteiger charge is -2.22. The van der Waals surface area contributed by atoms with Gasteiger partial charge in [-0.2, -0.15) is 0 Å². The molecule has 1 saturated heterocycles. The van der Waals surface area contributed by atoms with Gasteiger partial charge in [0.1, 0.15) is 0 Å². The van der Waals surface area contributed by atoms with Crippen molar-refractivity contribution in [3.8, 4) is 0 Å². The normalized spacial score (nSPS) is 24.7. The predicted octanol–water partition coefficient (Wildman–Crippen LogP) is 0.365. The number of anilines is 2. The minimum absolute atomic E-state index is 0.260. The number of nitrogens with two attached hydrogens (primary N) is 2. The topological polar surface area (TPSA) is 85.2 Å². The van der Waals surface area contributed by atoms with E-state index >= 15 is 0 Å². The molecule has 1 fully saturated rings. The maximum atomic E-state index is 11.3. The van der Waals surface area contributed by atoms with Crippen LogP contribution in [0.2, 0.25) is 0 Å². The first-order chi connectivity index (χ1) is 7.53. The smallest absolute Gasteiger partial charge is 0.225 e. The first kappa shape index (κ1) is 10.7. The van der Waals surface area contributed by atoms with Gasteiger partial charge in [-0.25, -0.2) is 4.98 Å². The lowest BCUT2D eigenvalue weighted by molar-refractivity contribution is -0.125. The molecule has 1 atom stereocenters. The van der Waals surface area contributed by atoms with Crippen molar-refractivity contribution in [3.63, 3.8) is 0 Å². The van der Waals surface area contributed by atoms with Crippen LogP contribution in [0.3, 0.4) is 0 Å². The van der Waals surface area contributed by atoms with Gasteiger partial charge in [-0.05, 0) is 25.5 Å². The van der Waals surface area contributed by atoms with Gasteiger partial charge in [-0.15, -0.1) is 0 Å². The number of nitrogen functional groups attached to an aromatic ring is 1. The third-order valence-electron chi connectivity index (χ3n) is 3.18. The average Bonchev–Trinajstić information content (AvgIpc) is 2.63. The molecule has 2 rings (SSSR count). The van der Waals surface area contributed by atoms with E-state index in [4.69, 9.17) is 11.5 Å². The highest BCUT2D eigenvalue weighted by Crippen LogP contribution is 2.33. The van der Waals surface area contributed by atoms with Crippen molar-refractivity contribution in [2.24, 2.45) is 11.1 Å². The Bertz CT molecular complexity index is 420. The molecule has 5 nitrogen and oxygen atoms in total. The summed E-state index contributed by atoms with van der Waals surface area (Å²) in [5, 5.41) is 0. The van der Waals surface area contributed by atoms with Crippen LogP contribution in [0.1, 0.15) is 13.3 Å². The zero-order valence-corrected chi connectivity index (χ0v) is 9.31. The Balaban J connectivity index is 2.22. The van der Waals surface area contributed by atoms with Gasteiger partial charge < -0.3 is 16.4 Å².